The number of aromatic nitrogens is 2. The second-order valence-corrected chi connectivity index (χ2v) is 10.3. The monoisotopic (exact) mass is 425 g/mol. The number of hydrogen-bond donors (Lipinski definition) is 2. The molecular formula is C19H31N5O4S. The summed E-state index contributed by atoms with van der Waals surface area (Å²) in [5, 5.41) is 7.13. The number of rotatable bonds is 6. The van der Waals surface area contributed by atoms with Crippen molar-refractivity contribution in [3.63, 3.8) is 0 Å². The molecule has 0 spiro atoms. The molecule has 29 heavy (non-hydrogen) atoms. The molecule has 1 amide bonds. The van der Waals surface area contributed by atoms with Crippen LogP contribution in [-0.2, 0) is 26.6 Å². The average Bonchev–Trinajstić information content (AvgIpc) is 3.30. The van der Waals surface area contributed by atoms with Crippen LogP contribution in [0.15, 0.2) is 17.3 Å². The van der Waals surface area contributed by atoms with Gasteiger partial charge >= 0.3 is 0 Å². The Balaban J connectivity index is 1.43. The van der Waals surface area contributed by atoms with E-state index in [0.29, 0.717) is 25.4 Å². The maximum atomic E-state index is 13.3. The van der Waals surface area contributed by atoms with Gasteiger partial charge in [0.25, 0.3) is 0 Å². The molecule has 162 valence electrons. The van der Waals surface area contributed by atoms with Crippen LogP contribution in [-0.4, -0.2) is 73.4 Å². The summed E-state index contributed by atoms with van der Waals surface area (Å²) < 4.78 is 35.1. The fourth-order valence-corrected chi connectivity index (χ4v) is 6.14. The number of fused-ring (bicyclic) bond motifs is 1. The minimum absolute atomic E-state index is 0.0479. The Hall–Kier alpha value is -1.49. The number of piperidine rings is 1. The zero-order valence-electron chi connectivity index (χ0n) is 17.0. The van der Waals surface area contributed by atoms with Crippen LogP contribution in [0.25, 0.3) is 0 Å². The van der Waals surface area contributed by atoms with E-state index >= 15 is 0 Å². The first-order chi connectivity index (χ1) is 13.9. The zero-order chi connectivity index (χ0) is 20.5. The number of nitrogens with zero attached hydrogens (tertiary/aromatic N) is 3. The number of carbonyl (C=O) groups is 1. The largest absolute Gasteiger partial charge is 0.381 e. The Labute approximate surface area is 172 Å². The van der Waals surface area contributed by atoms with Gasteiger partial charge in [-0.05, 0) is 51.0 Å². The molecule has 4 heterocycles. The van der Waals surface area contributed by atoms with Crippen LogP contribution in [0.4, 0.5) is 0 Å². The van der Waals surface area contributed by atoms with Crippen molar-refractivity contribution in [2.24, 2.45) is 13.0 Å². The van der Waals surface area contributed by atoms with Crippen molar-refractivity contribution in [1.29, 1.82) is 0 Å². The normalized spacial score (nSPS) is 28.9. The molecule has 2 atom stereocenters. The van der Waals surface area contributed by atoms with Crippen LogP contribution >= 0.6 is 0 Å². The molecule has 0 bridgehead atoms. The molecule has 1 aromatic rings. The Morgan fingerprint density at radius 3 is 2.86 bits per heavy atom. The lowest BCUT2D eigenvalue weighted by molar-refractivity contribution is -0.134. The molecule has 3 fully saturated rings. The smallest absolute Gasteiger partial charge is 0.243 e. The molecule has 3 aliphatic heterocycles. The van der Waals surface area contributed by atoms with Crippen molar-refractivity contribution < 1.29 is 17.9 Å². The van der Waals surface area contributed by atoms with E-state index in [2.05, 4.69) is 20.0 Å². The summed E-state index contributed by atoms with van der Waals surface area (Å²) in [5.41, 5.74) is -0.606. The fraction of sp³-hybridized carbons (Fsp3) is 0.789. The van der Waals surface area contributed by atoms with Crippen LogP contribution in [0.5, 0.6) is 0 Å². The summed E-state index contributed by atoms with van der Waals surface area (Å²) in [6.45, 7) is 3.58. The third kappa shape index (κ3) is 4.35. The van der Waals surface area contributed by atoms with Gasteiger partial charge in [0.1, 0.15) is 10.4 Å². The van der Waals surface area contributed by atoms with Crippen molar-refractivity contribution in [3.8, 4) is 0 Å². The summed E-state index contributed by atoms with van der Waals surface area (Å²) in [5.74, 6) is 0.509. The van der Waals surface area contributed by atoms with E-state index < -0.39 is 15.6 Å². The van der Waals surface area contributed by atoms with E-state index in [1.165, 1.54) is 17.1 Å². The Morgan fingerprint density at radius 2 is 2.14 bits per heavy atom. The van der Waals surface area contributed by atoms with E-state index in [1.54, 1.807) is 7.05 Å². The number of amides is 1. The van der Waals surface area contributed by atoms with E-state index in [1.807, 2.05) is 0 Å². The maximum Gasteiger partial charge on any atom is 0.243 e. The van der Waals surface area contributed by atoms with Crippen LogP contribution in [0.3, 0.4) is 0 Å². The van der Waals surface area contributed by atoms with Gasteiger partial charge in [-0.15, -0.1) is 0 Å². The van der Waals surface area contributed by atoms with Gasteiger partial charge in [-0.3, -0.25) is 14.4 Å². The molecule has 3 saturated heterocycles. The highest BCUT2D eigenvalue weighted by Gasteiger charge is 2.52. The molecule has 0 aliphatic carbocycles. The minimum atomic E-state index is -3.65. The van der Waals surface area contributed by atoms with Gasteiger partial charge in [0.2, 0.25) is 15.9 Å². The average molecular weight is 426 g/mol. The standard InChI is InChI=1S/C19H31N5O4S/c1-23-14-17(12-21-23)29(26,27)22-16-10-19(6-2-3-7-24(19)13-16)18(25)20-11-15-4-8-28-9-5-15/h12,14-16,22H,2-11,13H2,1H3,(H,20,25)/t16-,19-/m0/s1. The predicted octanol–water partition coefficient (Wildman–Crippen LogP) is 0.238. The lowest BCUT2D eigenvalue weighted by Crippen LogP contribution is -2.58. The van der Waals surface area contributed by atoms with Gasteiger partial charge in [-0.2, -0.15) is 5.10 Å². The van der Waals surface area contributed by atoms with E-state index in [4.69, 9.17) is 4.74 Å². The second kappa shape index (κ2) is 8.33. The second-order valence-electron chi connectivity index (χ2n) is 8.57. The molecule has 1 aromatic heterocycles. The van der Waals surface area contributed by atoms with Crippen LogP contribution in [0, 0.1) is 5.92 Å². The van der Waals surface area contributed by atoms with Gasteiger partial charge in [0.05, 0.1) is 6.20 Å². The van der Waals surface area contributed by atoms with E-state index in [0.717, 1.165) is 51.9 Å². The molecule has 0 unspecified atom stereocenters. The van der Waals surface area contributed by atoms with Crippen molar-refractivity contribution in [2.45, 2.75) is 55.0 Å². The van der Waals surface area contributed by atoms with Gasteiger partial charge in [0.15, 0.2) is 0 Å². The fourth-order valence-electron chi connectivity index (χ4n) is 4.93. The highest BCUT2D eigenvalue weighted by Crippen LogP contribution is 2.38. The summed E-state index contributed by atoms with van der Waals surface area (Å²) in [7, 11) is -1.97. The molecular weight excluding hydrogens is 394 g/mol. The number of aryl methyl sites for hydroxylation is 1. The van der Waals surface area contributed by atoms with Crippen LogP contribution < -0.4 is 10.0 Å². The van der Waals surface area contributed by atoms with Gasteiger partial charge < -0.3 is 10.1 Å². The van der Waals surface area contributed by atoms with E-state index in [-0.39, 0.29) is 16.8 Å². The van der Waals surface area contributed by atoms with Crippen LogP contribution in [0.2, 0.25) is 0 Å². The van der Waals surface area contributed by atoms with Gasteiger partial charge in [-0.25, -0.2) is 13.1 Å². The zero-order valence-corrected chi connectivity index (χ0v) is 17.8. The summed E-state index contributed by atoms with van der Waals surface area (Å²) >= 11 is 0. The minimum Gasteiger partial charge on any atom is -0.381 e. The molecule has 4 rings (SSSR count). The number of sulfonamides is 1. The van der Waals surface area contributed by atoms with Crippen molar-refractivity contribution in [3.05, 3.63) is 12.4 Å². The Morgan fingerprint density at radius 1 is 1.34 bits per heavy atom. The summed E-state index contributed by atoms with van der Waals surface area (Å²) in [6.07, 6.45) is 8.10. The lowest BCUT2D eigenvalue weighted by Gasteiger charge is -2.41. The Bertz CT molecular complexity index is 835. The molecule has 0 aromatic carbocycles. The maximum absolute atomic E-state index is 13.3. The predicted molar refractivity (Wildman–Crippen MR) is 107 cm³/mol. The number of carbonyl (C=O) groups excluding carboxylic acids is 1. The number of nitrogens with one attached hydrogen (secondary N) is 2. The van der Waals surface area contributed by atoms with Gasteiger partial charge in [0, 0.05) is 45.6 Å². The quantitative estimate of drug-likeness (QED) is 0.676. The third-order valence-electron chi connectivity index (χ3n) is 6.53. The first kappa shape index (κ1) is 20.8. The first-order valence-electron chi connectivity index (χ1n) is 10.5. The van der Waals surface area contributed by atoms with Crippen molar-refractivity contribution in [2.75, 3.05) is 32.8 Å². The van der Waals surface area contributed by atoms with Crippen LogP contribution in [0.1, 0.15) is 38.5 Å². The summed E-state index contributed by atoms with van der Waals surface area (Å²) in [6, 6.07) is -0.285. The molecule has 2 N–H and O–H groups in total. The van der Waals surface area contributed by atoms with E-state index in [9.17, 15) is 13.2 Å². The molecule has 0 saturated carbocycles. The SMILES string of the molecule is Cn1cc(S(=O)(=O)N[C@@H]2CN3CCCC[C@@]3(C(=O)NCC3CCOCC3)C2)cn1. The van der Waals surface area contributed by atoms with Crippen molar-refractivity contribution >= 4 is 15.9 Å². The number of hydrogen-bond acceptors (Lipinski definition) is 6. The summed E-state index contributed by atoms with van der Waals surface area (Å²) in [4.78, 5) is 15.6. The molecule has 9 nitrogen and oxygen atoms in total. The lowest BCUT2D eigenvalue weighted by atomic mass is 9.84. The third-order valence-corrected chi connectivity index (χ3v) is 8.00. The van der Waals surface area contributed by atoms with Crippen molar-refractivity contribution in [1.82, 2.24) is 24.7 Å². The molecule has 0 radical (unpaired) electrons. The molecule has 10 heteroatoms. The Kier molecular flexibility index (Phi) is 5.97. The number of ether oxygens (including phenoxy) is 1. The van der Waals surface area contributed by atoms with Gasteiger partial charge in [-0.1, -0.05) is 0 Å². The first-order valence-corrected chi connectivity index (χ1v) is 12.0. The topological polar surface area (TPSA) is 106 Å². The highest BCUT2D eigenvalue weighted by atomic mass is 32.2. The highest BCUT2D eigenvalue weighted by molar-refractivity contribution is 7.89. The molecule has 3 aliphatic rings.